The number of halogens is 1. The number of carbonyl (C=O) groups is 1. The summed E-state index contributed by atoms with van der Waals surface area (Å²) in [4.78, 5) is 11.0. The van der Waals surface area contributed by atoms with Crippen LogP contribution >= 0.6 is 0 Å². The van der Waals surface area contributed by atoms with Crippen LogP contribution in [0.2, 0.25) is 0 Å². The van der Waals surface area contributed by atoms with Gasteiger partial charge in [-0.3, -0.25) is 0 Å². The van der Waals surface area contributed by atoms with E-state index in [-0.39, 0.29) is 11.5 Å². The van der Waals surface area contributed by atoms with Crippen LogP contribution in [0.5, 0.6) is 0 Å². The number of hydrogen-bond donors (Lipinski definition) is 2. The summed E-state index contributed by atoms with van der Waals surface area (Å²) in [6.45, 7) is 0. The molecular formula is C15H10FNO3. The van der Waals surface area contributed by atoms with E-state index in [1.165, 1.54) is 18.2 Å². The quantitative estimate of drug-likeness (QED) is 0.702. The summed E-state index contributed by atoms with van der Waals surface area (Å²) < 4.78 is 13.5. The number of fused-ring (bicyclic) bond motifs is 1. The molecule has 0 unspecified atom stereocenters. The summed E-state index contributed by atoms with van der Waals surface area (Å²) in [5.41, 5.74) is 1.75. The first-order chi connectivity index (χ1) is 9.56. The standard InChI is InChI=1S/C15H10FNO3/c16-12-5-3-9(4-6-12)10-1-2-11-8-14(15(18)19)17(20)13(11)7-10/h1-8,20H,(H,18,19). The normalized spacial score (nSPS) is 10.8. The molecule has 0 saturated carbocycles. The molecule has 3 aromatic rings. The van der Waals surface area contributed by atoms with Gasteiger partial charge in [0, 0.05) is 5.39 Å². The number of aromatic nitrogens is 1. The van der Waals surface area contributed by atoms with E-state index in [1.807, 2.05) is 0 Å². The zero-order valence-corrected chi connectivity index (χ0v) is 10.2. The highest BCUT2D eigenvalue weighted by molar-refractivity contribution is 5.95. The van der Waals surface area contributed by atoms with Gasteiger partial charge in [0.1, 0.15) is 5.82 Å². The van der Waals surface area contributed by atoms with Crippen LogP contribution in [0.4, 0.5) is 4.39 Å². The Hall–Kier alpha value is -2.82. The van der Waals surface area contributed by atoms with Crippen molar-refractivity contribution in [1.29, 1.82) is 0 Å². The van der Waals surface area contributed by atoms with E-state index in [4.69, 9.17) is 5.11 Å². The predicted molar refractivity (Wildman–Crippen MR) is 71.5 cm³/mol. The summed E-state index contributed by atoms with van der Waals surface area (Å²) in [7, 11) is 0. The Labute approximate surface area is 113 Å². The monoisotopic (exact) mass is 271 g/mol. The third-order valence-electron chi connectivity index (χ3n) is 3.18. The van der Waals surface area contributed by atoms with Crippen LogP contribution in [0, 0.1) is 5.82 Å². The fraction of sp³-hybridized carbons (Fsp3) is 0. The van der Waals surface area contributed by atoms with Crippen molar-refractivity contribution in [3.8, 4) is 11.1 Å². The molecule has 5 heteroatoms. The Morgan fingerprint density at radius 2 is 1.65 bits per heavy atom. The Morgan fingerprint density at radius 3 is 2.30 bits per heavy atom. The Bertz CT molecular complexity index is 806. The molecule has 0 radical (unpaired) electrons. The first-order valence-electron chi connectivity index (χ1n) is 5.90. The molecule has 100 valence electrons. The first-order valence-corrected chi connectivity index (χ1v) is 5.90. The zero-order chi connectivity index (χ0) is 14.3. The van der Waals surface area contributed by atoms with E-state index in [9.17, 15) is 14.4 Å². The number of rotatable bonds is 2. The summed E-state index contributed by atoms with van der Waals surface area (Å²) in [6.07, 6.45) is 0. The predicted octanol–water partition coefficient (Wildman–Crippen LogP) is 3.38. The first kappa shape index (κ1) is 12.2. The van der Waals surface area contributed by atoms with Gasteiger partial charge in [-0.2, -0.15) is 4.73 Å². The van der Waals surface area contributed by atoms with Gasteiger partial charge in [-0.25, -0.2) is 9.18 Å². The topological polar surface area (TPSA) is 62.5 Å². The lowest BCUT2D eigenvalue weighted by Crippen LogP contribution is -2.04. The molecule has 0 fully saturated rings. The van der Waals surface area contributed by atoms with E-state index in [2.05, 4.69) is 0 Å². The average Bonchev–Trinajstić information content (AvgIpc) is 2.77. The minimum atomic E-state index is -1.20. The van der Waals surface area contributed by atoms with Crippen molar-refractivity contribution < 1.29 is 19.5 Å². The van der Waals surface area contributed by atoms with Crippen molar-refractivity contribution in [2.45, 2.75) is 0 Å². The lowest BCUT2D eigenvalue weighted by atomic mass is 10.0. The molecule has 0 spiro atoms. The molecule has 0 bridgehead atoms. The van der Waals surface area contributed by atoms with Crippen LogP contribution in [0.1, 0.15) is 10.5 Å². The lowest BCUT2D eigenvalue weighted by molar-refractivity contribution is 0.0649. The summed E-state index contributed by atoms with van der Waals surface area (Å²) >= 11 is 0. The highest BCUT2D eigenvalue weighted by Gasteiger charge is 2.14. The second-order valence-electron chi connectivity index (χ2n) is 4.43. The highest BCUT2D eigenvalue weighted by Crippen LogP contribution is 2.26. The number of carboxylic acids is 1. The molecule has 4 nitrogen and oxygen atoms in total. The minimum absolute atomic E-state index is 0.198. The van der Waals surface area contributed by atoms with Gasteiger partial charge < -0.3 is 10.3 Å². The fourth-order valence-electron chi connectivity index (χ4n) is 2.16. The number of hydrogen-bond acceptors (Lipinski definition) is 2. The Kier molecular flexibility index (Phi) is 2.68. The van der Waals surface area contributed by atoms with E-state index >= 15 is 0 Å². The maximum Gasteiger partial charge on any atom is 0.356 e. The van der Waals surface area contributed by atoms with Gasteiger partial charge in [0.2, 0.25) is 0 Å². The van der Waals surface area contributed by atoms with Crippen LogP contribution in [0.3, 0.4) is 0 Å². The van der Waals surface area contributed by atoms with Gasteiger partial charge in [0.15, 0.2) is 5.69 Å². The molecule has 0 amide bonds. The third kappa shape index (κ3) is 1.89. The second-order valence-corrected chi connectivity index (χ2v) is 4.43. The van der Waals surface area contributed by atoms with Gasteiger partial charge in [-0.1, -0.05) is 24.3 Å². The minimum Gasteiger partial charge on any atom is -0.476 e. The molecule has 0 atom stereocenters. The molecule has 1 aromatic heterocycles. The Balaban J connectivity index is 2.17. The van der Waals surface area contributed by atoms with Crippen LogP contribution in [-0.2, 0) is 0 Å². The molecule has 3 rings (SSSR count). The van der Waals surface area contributed by atoms with E-state index < -0.39 is 5.97 Å². The maximum absolute atomic E-state index is 12.9. The highest BCUT2D eigenvalue weighted by atomic mass is 19.1. The molecule has 2 N–H and O–H groups in total. The van der Waals surface area contributed by atoms with Crippen molar-refractivity contribution in [2.75, 3.05) is 0 Å². The Morgan fingerprint density at radius 1 is 1.00 bits per heavy atom. The SMILES string of the molecule is O=C(O)c1cc2ccc(-c3ccc(F)cc3)cc2n1O. The molecule has 0 aliphatic rings. The maximum atomic E-state index is 12.9. The molecule has 0 aliphatic carbocycles. The van der Waals surface area contributed by atoms with Crippen molar-refractivity contribution >= 4 is 16.9 Å². The van der Waals surface area contributed by atoms with Crippen LogP contribution in [0.15, 0.2) is 48.5 Å². The fourth-order valence-corrected chi connectivity index (χ4v) is 2.16. The van der Waals surface area contributed by atoms with Gasteiger partial charge >= 0.3 is 5.97 Å². The van der Waals surface area contributed by atoms with E-state index in [0.29, 0.717) is 15.6 Å². The largest absolute Gasteiger partial charge is 0.476 e. The molecule has 20 heavy (non-hydrogen) atoms. The second kappa shape index (κ2) is 4.38. The van der Waals surface area contributed by atoms with Gasteiger partial charge in [-0.15, -0.1) is 0 Å². The summed E-state index contributed by atoms with van der Waals surface area (Å²) in [6, 6.07) is 12.5. The van der Waals surface area contributed by atoms with Crippen LogP contribution in [-0.4, -0.2) is 21.0 Å². The third-order valence-corrected chi connectivity index (χ3v) is 3.18. The van der Waals surface area contributed by atoms with Crippen molar-refractivity contribution in [1.82, 2.24) is 4.73 Å². The van der Waals surface area contributed by atoms with Crippen molar-refractivity contribution in [3.05, 3.63) is 60.0 Å². The lowest BCUT2D eigenvalue weighted by Gasteiger charge is -2.03. The summed E-state index contributed by atoms with van der Waals surface area (Å²) in [5.74, 6) is -1.53. The van der Waals surface area contributed by atoms with Crippen LogP contribution < -0.4 is 0 Å². The van der Waals surface area contributed by atoms with Crippen molar-refractivity contribution in [2.24, 2.45) is 0 Å². The molecule has 0 aliphatic heterocycles. The average molecular weight is 271 g/mol. The number of aromatic carboxylic acids is 1. The van der Waals surface area contributed by atoms with E-state index in [1.54, 1.807) is 30.3 Å². The van der Waals surface area contributed by atoms with Crippen LogP contribution in [0.25, 0.3) is 22.0 Å². The van der Waals surface area contributed by atoms with Gasteiger partial charge in [0.05, 0.1) is 5.52 Å². The number of benzene rings is 2. The number of nitrogens with zero attached hydrogens (tertiary/aromatic N) is 1. The van der Waals surface area contributed by atoms with Gasteiger partial charge in [0.25, 0.3) is 0 Å². The smallest absolute Gasteiger partial charge is 0.356 e. The zero-order valence-electron chi connectivity index (χ0n) is 10.2. The molecule has 0 saturated heterocycles. The summed E-state index contributed by atoms with van der Waals surface area (Å²) in [5, 5.41) is 19.4. The molecule has 1 heterocycles. The number of carboxylic acid groups (broad SMARTS) is 1. The van der Waals surface area contributed by atoms with E-state index in [0.717, 1.165) is 11.1 Å². The molecule has 2 aromatic carbocycles. The molecular weight excluding hydrogens is 261 g/mol. The van der Waals surface area contributed by atoms with Crippen molar-refractivity contribution in [3.63, 3.8) is 0 Å². The van der Waals surface area contributed by atoms with Gasteiger partial charge in [-0.05, 0) is 35.4 Å².